The topological polar surface area (TPSA) is 65.5 Å². The lowest BCUT2D eigenvalue weighted by atomic mass is 10.1. The summed E-state index contributed by atoms with van der Waals surface area (Å²) < 4.78 is 13.1. The van der Waals surface area contributed by atoms with Crippen LogP contribution in [0.2, 0.25) is 0 Å². The summed E-state index contributed by atoms with van der Waals surface area (Å²) in [7, 11) is 0. The van der Waals surface area contributed by atoms with Crippen LogP contribution in [-0.2, 0) is 11.3 Å². The molecular weight excluding hydrogens is 446 g/mol. The van der Waals surface area contributed by atoms with Crippen molar-refractivity contribution in [1.29, 1.82) is 0 Å². The van der Waals surface area contributed by atoms with Crippen molar-refractivity contribution in [2.75, 3.05) is 18.4 Å². The summed E-state index contributed by atoms with van der Waals surface area (Å²) in [5.41, 5.74) is 2.71. The summed E-state index contributed by atoms with van der Waals surface area (Å²) in [6, 6.07) is 13.9. The van der Waals surface area contributed by atoms with E-state index in [4.69, 9.17) is 0 Å². The molecule has 0 saturated heterocycles. The van der Waals surface area contributed by atoms with E-state index in [0.29, 0.717) is 24.7 Å². The van der Waals surface area contributed by atoms with Crippen LogP contribution in [0.3, 0.4) is 0 Å². The summed E-state index contributed by atoms with van der Waals surface area (Å²) >= 11 is 0. The Hall–Kier alpha value is -2.16. The second-order valence-electron chi connectivity index (χ2n) is 5.59. The van der Waals surface area contributed by atoms with Gasteiger partial charge in [-0.3, -0.25) is 4.79 Å². The molecule has 2 rings (SSSR count). The van der Waals surface area contributed by atoms with Crippen LogP contribution in [-0.4, -0.2) is 25.0 Å². The van der Waals surface area contributed by atoms with Gasteiger partial charge in [-0.25, -0.2) is 9.38 Å². The number of aryl methyl sites for hydroxylation is 1. The highest BCUT2D eigenvalue weighted by Crippen LogP contribution is 2.08. The maximum Gasteiger partial charge on any atom is 0.243 e. The van der Waals surface area contributed by atoms with Crippen LogP contribution >= 0.6 is 24.0 Å². The number of halogens is 2. The molecule has 0 unspecified atom stereocenters. The number of hydrogen-bond donors (Lipinski definition) is 3. The molecule has 0 heterocycles. The molecule has 0 saturated carbocycles. The Balaban J connectivity index is 0.00000338. The SMILES string of the molecule is CCNC(=NCc1ccc(C)cc1)NCC(=O)Nc1cccc(F)c1.I. The van der Waals surface area contributed by atoms with Crippen molar-refractivity contribution in [1.82, 2.24) is 10.6 Å². The Labute approximate surface area is 170 Å². The number of benzene rings is 2. The van der Waals surface area contributed by atoms with Crippen molar-refractivity contribution >= 4 is 41.5 Å². The van der Waals surface area contributed by atoms with Gasteiger partial charge >= 0.3 is 0 Å². The quantitative estimate of drug-likeness (QED) is 0.344. The number of rotatable bonds is 6. The minimum Gasteiger partial charge on any atom is -0.357 e. The molecule has 0 radical (unpaired) electrons. The van der Waals surface area contributed by atoms with E-state index < -0.39 is 5.82 Å². The van der Waals surface area contributed by atoms with Gasteiger partial charge in [-0.2, -0.15) is 0 Å². The maximum atomic E-state index is 13.1. The molecule has 2 aromatic carbocycles. The molecule has 7 heteroatoms. The highest BCUT2D eigenvalue weighted by atomic mass is 127. The number of carbonyl (C=O) groups is 1. The molecule has 0 fully saturated rings. The van der Waals surface area contributed by atoms with Crippen LogP contribution in [0.15, 0.2) is 53.5 Å². The Morgan fingerprint density at radius 2 is 1.85 bits per heavy atom. The largest absolute Gasteiger partial charge is 0.357 e. The number of hydrogen-bond acceptors (Lipinski definition) is 2. The molecule has 1 amide bonds. The Kier molecular flexibility index (Phi) is 9.64. The molecular formula is C19H24FIN4O. The van der Waals surface area contributed by atoms with Gasteiger partial charge in [0.05, 0.1) is 13.1 Å². The van der Waals surface area contributed by atoms with Crippen molar-refractivity contribution in [3.8, 4) is 0 Å². The van der Waals surface area contributed by atoms with Gasteiger partial charge in [-0.05, 0) is 37.6 Å². The fourth-order valence-electron chi connectivity index (χ4n) is 2.14. The molecule has 0 aliphatic rings. The minimum absolute atomic E-state index is 0. The van der Waals surface area contributed by atoms with E-state index in [1.165, 1.54) is 17.7 Å². The lowest BCUT2D eigenvalue weighted by Gasteiger charge is -2.11. The van der Waals surface area contributed by atoms with Gasteiger partial charge in [0.25, 0.3) is 0 Å². The third-order valence-corrected chi connectivity index (χ3v) is 3.41. The number of amides is 1. The van der Waals surface area contributed by atoms with Crippen LogP contribution < -0.4 is 16.0 Å². The fourth-order valence-corrected chi connectivity index (χ4v) is 2.14. The molecule has 0 bridgehead atoms. The first-order valence-corrected chi connectivity index (χ1v) is 8.20. The van der Waals surface area contributed by atoms with Crippen LogP contribution in [0.1, 0.15) is 18.1 Å². The Morgan fingerprint density at radius 1 is 1.12 bits per heavy atom. The minimum atomic E-state index is -0.390. The van der Waals surface area contributed by atoms with Gasteiger partial charge in [-0.1, -0.05) is 35.9 Å². The van der Waals surface area contributed by atoms with Crippen LogP contribution in [0, 0.1) is 12.7 Å². The van der Waals surface area contributed by atoms with E-state index in [-0.39, 0.29) is 36.4 Å². The average molecular weight is 470 g/mol. The monoisotopic (exact) mass is 470 g/mol. The summed E-state index contributed by atoms with van der Waals surface area (Å²) in [5.74, 6) is -0.109. The van der Waals surface area contributed by atoms with E-state index in [1.807, 2.05) is 38.1 Å². The summed E-state index contributed by atoms with van der Waals surface area (Å²) in [6.07, 6.45) is 0. The van der Waals surface area contributed by atoms with Crippen molar-refractivity contribution < 1.29 is 9.18 Å². The lowest BCUT2D eigenvalue weighted by molar-refractivity contribution is -0.115. The van der Waals surface area contributed by atoms with Crippen LogP contribution in [0.4, 0.5) is 10.1 Å². The number of guanidine groups is 1. The molecule has 26 heavy (non-hydrogen) atoms. The smallest absolute Gasteiger partial charge is 0.243 e. The molecule has 3 N–H and O–H groups in total. The highest BCUT2D eigenvalue weighted by Gasteiger charge is 2.05. The molecule has 140 valence electrons. The average Bonchev–Trinajstić information content (AvgIpc) is 2.59. The maximum absolute atomic E-state index is 13.1. The number of nitrogens with one attached hydrogen (secondary N) is 3. The number of anilines is 1. The Bertz CT molecular complexity index is 735. The standard InChI is InChI=1S/C19H23FN4O.HI/c1-3-21-19(22-12-15-9-7-14(2)8-10-15)23-13-18(25)24-17-6-4-5-16(20)11-17;/h4-11H,3,12-13H2,1-2H3,(H,24,25)(H2,21,22,23);1H. The van der Waals surface area contributed by atoms with Gasteiger partial charge in [0.2, 0.25) is 5.91 Å². The Morgan fingerprint density at radius 3 is 2.50 bits per heavy atom. The molecule has 0 aliphatic heterocycles. The summed E-state index contributed by atoms with van der Waals surface area (Å²) in [6.45, 7) is 5.23. The normalized spacial score (nSPS) is 10.7. The van der Waals surface area contributed by atoms with Gasteiger partial charge < -0.3 is 16.0 Å². The van der Waals surface area contributed by atoms with E-state index in [0.717, 1.165) is 5.56 Å². The van der Waals surface area contributed by atoms with Crippen molar-refractivity contribution in [3.05, 3.63) is 65.5 Å². The van der Waals surface area contributed by atoms with Crippen molar-refractivity contribution in [2.24, 2.45) is 4.99 Å². The summed E-state index contributed by atoms with van der Waals surface area (Å²) in [5, 5.41) is 8.70. The van der Waals surface area contributed by atoms with Gasteiger partial charge in [0.15, 0.2) is 5.96 Å². The first-order chi connectivity index (χ1) is 12.1. The fraction of sp³-hybridized carbons (Fsp3) is 0.263. The van der Waals surface area contributed by atoms with Crippen LogP contribution in [0.25, 0.3) is 0 Å². The van der Waals surface area contributed by atoms with Crippen molar-refractivity contribution in [2.45, 2.75) is 20.4 Å². The third kappa shape index (κ3) is 7.81. The second kappa shape index (κ2) is 11.5. The predicted octanol–water partition coefficient (Wildman–Crippen LogP) is 3.45. The molecule has 0 aliphatic carbocycles. The number of carbonyl (C=O) groups excluding carboxylic acids is 1. The van der Waals surface area contributed by atoms with E-state index >= 15 is 0 Å². The van der Waals surface area contributed by atoms with E-state index in [2.05, 4.69) is 20.9 Å². The predicted molar refractivity (Wildman–Crippen MR) is 114 cm³/mol. The zero-order valence-corrected chi connectivity index (χ0v) is 17.2. The third-order valence-electron chi connectivity index (χ3n) is 3.41. The zero-order valence-electron chi connectivity index (χ0n) is 14.9. The van der Waals surface area contributed by atoms with E-state index in [1.54, 1.807) is 12.1 Å². The molecule has 5 nitrogen and oxygen atoms in total. The highest BCUT2D eigenvalue weighted by molar-refractivity contribution is 14.0. The first kappa shape index (κ1) is 21.9. The van der Waals surface area contributed by atoms with Crippen LogP contribution in [0.5, 0.6) is 0 Å². The molecule has 2 aromatic rings. The van der Waals surface area contributed by atoms with E-state index in [9.17, 15) is 9.18 Å². The van der Waals surface area contributed by atoms with Gasteiger partial charge in [-0.15, -0.1) is 24.0 Å². The number of aliphatic imine (C=N–C) groups is 1. The molecule has 0 atom stereocenters. The first-order valence-electron chi connectivity index (χ1n) is 8.20. The van der Waals surface area contributed by atoms with Gasteiger partial charge in [0.1, 0.15) is 5.82 Å². The van der Waals surface area contributed by atoms with Crippen molar-refractivity contribution in [3.63, 3.8) is 0 Å². The summed E-state index contributed by atoms with van der Waals surface area (Å²) in [4.78, 5) is 16.4. The van der Waals surface area contributed by atoms with Gasteiger partial charge in [0, 0.05) is 12.2 Å². The lowest BCUT2D eigenvalue weighted by Crippen LogP contribution is -2.41. The zero-order chi connectivity index (χ0) is 18.1. The molecule has 0 aromatic heterocycles. The number of nitrogens with zero attached hydrogens (tertiary/aromatic N) is 1. The second-order valence-corrected chi connectivity index (χ2v) is 5.59. The molecule has 0 spiro atoms.